The van der Waals surface area contributed by atoms with Crippen molar-refractivity contribution >= 4 is 29.3 Å². The number of imide groups is 2. The Kier molecular flexibility index (Phi) is 10.2. The molecule has 5 aliphatic rings. The first-order valence-electron chi connectivity index (χ1n) is 21.4. The Morgan fingerprint density at radius 2 is 0.797 bits per heavy atom. The van der Waals surface area contributed by atoms with E-state index in [0.717, 1.165) is 35.5 Å². The zero-order valence-electron chi connectivity index (χ0n) is 35.5. The lowest BCUT2D eigenvalue weighted by atomic mass is 9.54. The number of carbonyl (C=O) groups excluding carboxylic acids is 4. The van der Waals surface area contributed by atoms with Crippen molar-refractivity contribution < 1.29 is 28.7 Å². The van der Waals surface area contributed by atoms with E-state index in [2.05, 4.69) is 83.1 Å². The minimum atomic E-state index is -0.666. The van der Waals surface area contributed by atoms with Crippen molar-refractivity contribution in [1.29, 1.82) is 0 Å². The maximum absolute atomic E-state index is 14.1. The van der Waals surface area contributed by atoms with Crippen molar-refractivity contribution in [2.75, 3.05) is 4.90 Å². The maximum atomic E-state index is 14.1. The fourth-order valence-corrected chi connectivity index (χ4v) is 10.1. The van der Waals surface area contributed by atoms with E-state index in [4.69, 9.17) is 9.47 Å². The van der Waals surface area contributed by atoms with Gasteiger partial charge >= 0.3 is 0 Å². The van der Waals surface area contributed by atoms with Crippen molar-refractivity contribution in [3.8, 4) is 23.0 Å². The quantitative estimate of drug-likeness (QED) is 0.0989. The van der Waals surface area contributed by atoms with E-state index >= 15 is 0 Å². The van der Waals surface area contributed by atoms with E-state index in [1.54, 1.807) is 24.3 Å². The second-order valence-electron chi connectivity index (χ2n) is 18.0. The highest BCUT2D eigenvalue weighted by Gasteiger charge is 2.69. The first kappa shape index (κ1) is 40.3. The summed E-state index contributed by atoms with van der Waals surface area (Å²) in [6.07, 6.45) is 7.30. The molecule has 59 heavy (non-hydrogen) atoms. The molecule has 9 rings (SSSR count). The molecule has 4 aromatic carbocycles. The van der Waals surface area contributed by atoms with Gasteiger partial charge < -0.3 is 9.47 Å². The molecule has 3 aliphatic carbocycles. The zero-order chi connectivity index (χ0) is 42.0. The first-order valence-corrected chi connectivity index (χ1v) is 21.4. The van der Waals surface area contributed by atoms with Crippen LogP contribution in [0.3, 0.4) is 0 Å². The molecule has 8 heteroatoms. The van der Waals surface area contributed by atoms with Crippen LogP contribution >= 0.6 is 0 Å². The van der Waals surface area contributed by atoms with Crippen LogP contribution in [0.15, 0.2) is 109 Å². The van der Waals surface area contributed by atoms with Gasteiger partial charge in [-0.2, -0.15) is 0 Å². The summed E-state index contributed by atoms with van der Waals surface area (Å²) in [5, 5.41) is 0. The predicted molar refractivity (Wildman–Crippen MR) is 229 cm³/mol. The molecule has 2 saturated heterocycles. The van der Waals surface area contributed by atoms with Gasteiger partial charge in [0.2, 0.25) is 23.6 Å². The molecule has 4 aromatic rings. The SMILES string of the molecule is CCC(C)(CC)c1ccc(Oc2ccc(C(C)(C)c3ccc(Oc4ccc(N5C(=O)C6C7C=CC(C6C5=O)C5C(=O)N(C(C)(CC)CC)C(=O)C75)cc4)cc3)cc2)cc1. The normalized spacial score (nSPS) is 23.9. The molecule has 2 aliphatic heterocycles. The van der Waals surface area contributed by atoms with Crippen molar-refractivity contribution in [3.05, 3.63) is 126 Å². The van der Waals surface area contributed by atoms with Gasteiger partial charge in [0.1, 0.15) is 23.0 Å². The van der Waals surface area contributed by atoms with Crippen LogP contribution in [-0.4, -0.2) is 34.1 Å². The highest BCUT2D eigenvalue weighted by atomic mass is 16.5. The van der Waals surface area contributed by atoms with E-state index in [9.17, 15) is 19.2 Å². The summed E-state index contributed by atoms with van der Waals surface area (Å²) in [5.41, 5.74) is 3.36. The summed E-state index contributed by atoms with van der Waals surface area (Å²) >= 11 is 0. The van der Waals surface area contributed by atoms with Gasteiger partial charge in [-0.05, 0) is 115 Å². The van der Waals surface area contributed by atoms with E-state index in [1.807, 2.05) is 57.2 Å². The third kappa shape index (κ3) is 6.50. The van der Waals surface area contributed by atoms with Crippen LogP contribution in [0, 0.1) is 35.5 Å². The predicted octanol–water partition coefficient (Wildman–Crippen LogP) is 10.8. The van der Waals surface area contributed by atoms with Crippen LogP contribution in [-0.2, 0) is 30.0 Å². The van der Waals surface area contributed by atoms with Crippen LogP contribution in [0.4, 0.5) is 5.69 Å². The smallest absolute Gasteiger partial charge is 0.238 e. The Balaban J connectivity index is 0.913. The van der Waals surface area contributed by atoms with Crippen LogP contribution in [0.5, 0.6) is 23.0 Å². The molecule has 2 heterocycles. The number of hydrogen-bond acceptors (Lipinski definition) is 6. The van der Waals surface area contributed by atoms with E-state index in [0.29, 0.717) is 30.0 Å². The zero-order valence-corrected chi connectivity index (χ0v) is 35.5. The van der Waals surface area contributed by atoms with Crippen molar-refractivity contribution in [3.63, 3.8) is 0 Å². The molecule has 3 fully saturated rings. The molecule has 8 nitrogen and oxygen atoms in total. The van der Waals surface area contributed by atoms with Crippen LogP contribution < -0.4 is 14.4 Å². The number of anilines is 1. The molecule has 0 radical (unpaired) electrons. The van der Waals surface area contributed by atoms with E-state index in [1.165, 1.54) is 15.4 Å². The monoisotopic (exact) mass is 792 g/mol. The Morgan fingerprint density at radius 1 is 0.458 bits per heavy atom. The van der Waals surface area contributed by atoms with Gasteiger partial charge in [-0.3, -0.25) is 29.0 Å². The summed E-state index contributed by atoms with van der Waals surface area (Å²) in [6.45, 7) is 17.1. The number of likely N-dealkylation sites (tertiary alicyclic amines) is 1. The lowest BCUT2D eigenvalue weighted by Crippen LogP contribution is -2.50. The number of allylic oxidation sites excluding steroid dienone is 2. The molecule has 306 valence electrons. The average Bonchev–Trinajstić information content (AvgIpc) is 3.70. The van der Waals surface area contributed by atoms with E-state index < -0.39 is 41.0 Å². The average molecular weight is 793 g/mol. The minimum absolute atomic E-state index is 0.171. The van der Waals surface area contributed by atoms with Gasteiger partial charge in [0.05, 0.1) is 29.4 Å². The third-order valence-electron chi connectivity index (χ3n) is 14.9. The molecule has 4 amide bonds. The lowest BCUT2D eigenvalue weighted by molar-refractivity contribution is -0.147. The first-order chi connectivity index (χ1) is 28.2. The van der Waals surface area contributed by atoms with Gasteiger partial charge in [-0.15, -0.1) is 0 Å². The van der Waals surface area contributed by atoms with Crippen LogP contribution in [0.1, 0.15) is 97.8 Å². The second-order valence-corrected chi connectivity index (χ2v) is 18.0. The second kappa shape index (κ2) is 15.0. The van der Waals surface area contributed by atoms with Gasteiger partial charge in [-0.25, -0.2) is 0 Å². The summed E-state index contributed by atoms with van der Waals surface area (Å²) in [6, 6.07) is 31.7. The van der Waals surface area contributed by atoms with Crippen molar-refractivity contribution in [2.24, 2.45) is 35.5 Å². The van der Waals surface area contributed by atoms with Gasteiger partial charge in [-0.1, -0.05) is 97.0 Å². The Bertz CT molecular complexity index is 2230. The van der Waals surface area contributed by atoms with Gasteiger partial charge in [0, 0.05) is 22.8 Å². The Hall–Kier alpha value is -5.50. The van der Waals surface area contributed by atoms with Crippen molar-refractivity contribution in [1.82, 2.24) is 4.90 Å². The van der Waals surface area contributed by atoms with Gasteiger partial charge in [0.15, 0.2) is 0 Å². The number of carbonyl (C=O) groups is 4. The topological polar surface area (TPSA) is 93.2 Å². The number of nitrogens with zero attached hydrogens (tertiary/aromatic N) is 2. The minimum Gasteiger partial charge on any atom is -0.457 e. The molecule has 0 aromatic heterocycles. The highest BCUT2D eigenvalue weighted by molar-refractivity contribution is 6.23. The van der Waals surface area contributed by atoms with Gasteiger partial charge in [0.25, 0.3) is 0 Å². The Morgan fingerprint density at radius 3 is 1.15 bits per heavy atom. The molecular formula is C51H56N2O6. The summed E-state index contributed by atoms with van der Waals surface area (Å²) in [7, 11) is 0. The molecule has 2 bridgehead atoms. The van der Waals surface area contributed by atoms with Crippen LogP contribution in [0.25, 0.3) is 0 Å². The van der Waals surface area contributed by atoms with E-state index in [-0.39, 0.29) is 34.5 Å². The van der Waals surface area contributed by atoms with Crippen molar-refractivity contribution in [2.45, 2.75) is 97.4 Å². The molecule has 0 N–H and O–H groups in total. The lowest BCUT2D eigenvalue weighted by Gasteiger charge is -2.44. The Labute approximate surface area is 348 Å². The third-order valence-corrected chi connectivity index (χ3v) is 14.9. The molecule has 0 spiro atoms. The molecule has 6 atom stereocenters. The summed E-state index contributed by atoms with van der Waals surface area (Å²) < 4.78 is 12.4. The maximum Gasteiger partial charge on any atom is 0.238 e. The fourth-order valence-electron chi connectivity index (χ4n) is 10.1. The summed E-state index contributed by atoms with van der Waals surface area (Å²) in [5.74, 6) is -1.74. The largest absolute Gasteiger partial charge is 0.457 e. The summed E-state index contributed by atoms with van der Waals surface area (Å²) in [4.78, 5) is 58.7. The molecule has 6 unspecified atom stereocenters. The number of rotatable bonds is 13. The number of hydrogen-bond donors (Lipinski definition) is 0. The van der Waals surface area contributed by atoms with Crippen LogP contribution in [0.2, 0.25) is 0 Å². The molecular weight excluding hydrogens is 737 g/mol. The number of ether oxygens (including phenoxy) is 2. The number of benzene rings is 4. The highest BCUT2D eigenvalue weighted by Crippen LogP contribution is 2.59. The molecule has 1 saturated carbocycles. The fraction of sp³-hybridized carbons (Fsp3) is 0.412. The standard InChI is InChI=1S/C51H56N2O6/c1-9-50(7,10-2)33-17-25-37(26-18-33)58-35-21-13-31(14-22-35)49(5,6)32-15-23-36(24-16-32)59-38-27-19-34(20-28-38)52-45(54)41-39-29-30-40(42(41)46(52)55)44-43(39)47(56)53(48(44)57)51(8,11-3)12-4/h13-30,39-44H,9-12H2,1-8H3. The number of amides is 4.